The second kappa shape index (κ2) is 8.47. The molecule has 122 valence electrons. The van der Waals surface area contributed by atoms with Gasteiger partial charge in [0.15, 0.2) is 0 Å². The molecule has 1 aromatic heterocycles. The largest absolute Gasteiger partial charge is 0.392 e. The summed E-state index contributed by atoms with van der Waals surface area (Å²) in [6, 6.07) is 12.2. The lowest BCUT2D eigenvalue weighted by molar-refractivity contribution is 0.123. The first-order chi connectivity index (χ1) is 11.1. The number of aliphatic hydroxyl groups excluding tert-OH is 1. The standard InChI is InChI=1S/C18H24N4O/c1-14(2)17(23)12-20-11-16-13-22(10-6-9-19)21-18(16)15-7-4-3-5-8-15/h3-5,7-8,13-14,17,20,23H,6,10-12H2,1-2H3. The fourth-order valence-electron chi connectivity index (χ4n) is 2.30. The van der Waals surface area contributed by atoms with E-state index in [1.165, 1.54) is 0 Å². The SMILES string of the molecule is CC(C)C(O)CNCc1cn(CCC#N)nc1-c1ccccc1. The van der Waals surface area contributed by atoms with E-state index in [2.05, 4.69) is 16.5 Å². The first-order valence-corrected chi connectivity index (χ1v) is 7.99. The van der Waals surface area contributed by atoms with Crippen molar-refractivity contribution in [3.8, 4) is 17.3 Å². The highest BCUT2D eigenvalue weighted by molar-refractivity contribution is 5.62. The topological polar surface area (TPSA) is 73.9 Å². The van der Waals surface area contributed by atoms with Crippen molar-refractivity contribution in [2.75, 3.05) is 6.54 Å². The molecule has 5 heteroatoms. The molecule has 5 nitrogen and oxygen atoms in total. The van der Waals surface area contributed by atoms with Crippen molar-refractivity contribution in [3.63, 3.8) is 0 Å². The van der Waals surface area contributed by atoms with E-state index in [0.29, 0.717) is 26.1 Å². The molecule has 23 heavy (non-hydrogen) atoms. The molecule has 0 fully saturated rings. The van der Waals surface area contributed by atoms with Crippen molar-refractivity contribution in [1.82, 2.24) is 15.1 Å². The van der Waals surface area contributed by atoms with Crippen LogP contribution < -0.4 is 5.32 Å². The van der Waals surface area contributed by atoms with Crippen LogP contribution in [0.1, 0.15) is 25.8 Å². The third-order valence-corrected chi connectivity index (χ3v) is 3.78. The number of aromatic nitrogens is 2. The number of nitriles is 1. The molecule has 0 aliphatic carbocycles. The average molecular weight is 312 g/mol. The van der Waals surface area contributed by atoms with Crippen molar-refractivity contribution in [2.24, 2.45) is 5.92 Å². The summed E-state index contributed by atoms with van der Waals surface area (Å²) in [5.74, 6) is 0.231. The van der Waals surface area contributed by atoms with Gasteiger partial charge in [-0.3, -0.25) is 4.68 Å². The second-order valence-corrected chi connectivity index (χ2v) is 5.98. The summed E-state index contributed by atoms with van der Waals surface area (Å²) >= 11 is 0. The second-order valence-electron chi connectivity index (χ2n) is 5.98. The van der Waals surface area contributed by atoms with Gasteiger partial charge in [0.25, 0.3) is 0 Å². The van der Waals surface area contributed by atoms with E-state index in [-0.39, 0.29) is 12.0 Å². The van der Waals surface area contributed by atoms with Crippen molar-refractivity contribution in [1.29, 1.82) is 5.26 Å². The Labute approximate surface area is 137 Å². The zero-order valence-electron chi connectivity index (χ0n) is 13.7. The van der Waals surface area contributed by atoms with Crippen LogP contribution in [0.3, 0.4) is 0 Å². The van der Waals surface area contributed by atoms with Crippen LogP contribution in [0.15, 0.2) is 36.5 Å². The van der Waals surface area contributed by atoms with Crippen LogP contribution in [0.25, 0.3) is 11.3 Å². The number of rotatable bonds is 8. The zero-order valence-corrected chi connectivity index (χ0v) is 13.7. The minimum absolute atomic E-state index is 0.231. The Hall–Kier alpha value is -2.16. The predicted octanol–water partition coefficient (Wildman–Crippen LogP) is 2.57. The molecular weight excluding hydrogens is 288 g/mol. The molecule has 0 saturated heterocycles. The van der Waals surface area contributed by atoms with Crippen LogP contribution in [-0.4, -0.2) is 27.5 Å². The van der Waals surface area contributed by atoms with Crippen LogP contribution in [0.4, 0.5) is 0 Å². The summed E-state index contributed by atoms with van der Waals surface area (Å²) in [6.45, 7) is 5.78. The molecule has 0 spiro atoms. The third-order valence-electron chi connectivity index (χ3n) is 3.78. The van der Waals surface area contributed by atoms with Crippen molar-refractivity contribution in [3.05, 3.63) is 42.1 Å². The zero-order chi connectivity index (χ0) is 16.7. The van der Waals surface area contributed by atoms with E-state index in [0.717, 1.165) is 16.8 Å². The first-order valence-electron chi connectivity index (χ1n) is 7.99. The molecule has 1 unspecified atom stereocenters. The molecule has 0 radical (unpaired) electrons. The highest BCUT2D eigenvalue weighted by Gasteiger charge is 2.13. The molecular formula is C18H24N4O. The van der Waals surface area contributed by atoms with Gasteiger partial charge in [0, 0.05) is 30.4 Å². The van der Waals surface area contributed by atoms with Gasteiger partial charge in [-0.1, -0.05) is 44.2 Å². The summed E-state index contributed by atoms with van der Waals surface area (Å²) < 4.78 is 1.82. The van der Waals surface area contributed by atoms with Crippen LogP contribution in [0, 0.1) is 17.2 Å². The molecule has 2 aromatic rings. The number of nitrogens with one attached hydrogen (secondary N) is 1. The number of aliphatic hydroxyl groups is 1. The van der Waals surface area contributed by atoms with Gasteiger partial charge >= 0.3 is 0 Å². The lowest BCUT2D eigenvalue weighted by Gasteiger charge is -2.15. The first kappa shape index (κ1) is 17.2. The van der Waals surface area contributed by atoms with Crippen LogP contribution in [0.2, 0.25) is 0 Å². The van der Waals surface area contributed by atoms with Crippen molar-refractivity contribution < 1.29 is 5.11 Å². The van der Waals surface area contributed by atoms with Gasteiger partial charge < -0.3 is 10.4 Å². The van der Waals surface area contributed by atoms with Gasteiger partial charge in [0.1, 0.15) is 0 Å². The van der Waals surface area contributed by atoms with Gasteiger partial charge in [-0.05, 0) is 5.92 Å². The Kier molecular flexibility index (Phi) is 6.33. The van der Waals surface area contributed by atoms with Crippen LogP contribution >= 0.6 is 0 Å². The predicted molar refractivity (Wildman–Crippen MR) is 90.4 cm³/mol. The molecule has 1 heterocycles. The summed E-state index contributed by atoms with van der Waals surface area (Å²) in [5, 5.41) is 26.5. The van der Waals surface area contributed by atoms with Gasteiger partial charge in [0.2, 0.25) is 0 Å². The lowest BCUT2D eigenvalue weighted by atomic mass is 10.1. The molecule has 0 aliphatic rings. The van der Waals surface area contributed by atoms with Crippen molar-refractivity contribution >= 4 is 0 Å². The van der Waals surface area contributed by atoms with Gasteiger partial charge in [-0.15, -0.1) is 0 Å². The molecule has 0 saturated carbocycles. The van der Waals surface area contributed by atoms with E-state index in [1.54, 1.807) is 0 Å². The smallest absolute Gasteiger partial charge is 0.0968 e. The normalized spacial score (nSPS) is 12.3. The Morgan fingerprint density at radius 1 is 1.30 bits per heavy atom. The van der Waals surface area contributed by atoms with Gasteiger partial charge in [0.05, 0.1) is 30.8 Å². The summed E-state index contributed by atoms with van der Waals surface area (Å²) in [5.41, 5.74) is 3.06. The van der Waals surface area contributed by atoms with E-state index in [4.69, 9.17) is 5.26 Å². The summed E-state index contributed by atoms with van der Waals surface area (Å²) in [4.78, 5) is 0. The highest BCUT2D eigenvalue weighted by atomic mass is 16.3. The van der Waals surface area contributed by atoms with E-state index >= 15 is 0 Å². The van der Waals surface area contributed by atoms with E-state index < -0.39 is 0 Å². The minimum atomic E-state index is -0.358. The average Bonchev–Trinajstić information content (AvgIpc) is 2.96. The maximum absolute atomic E-state index is 9.89. The van der Waals surface area contributed by atoms with Crippen molar-refractivity contribution in [2.45, 2.75) is 39.5 Å². The molecule has 0 amide bonds. The molecule has 2 N–H and O–H groups in total. The maximum atomic E-state index is 9.89. The monoisotopic (exact) mass is 312 g/mol. The van der Waals surface area contributed by atoms with Crippen LogP contribution in [-0.2, 0) is 13.1 Å². The van der Waals surface area contributed by atoms with Gasteiger partial charge in [-0.25, -0.2) is 0 Å². The maximum Gasteiger partial charge on any atom is 0.0968 e. The third kappa shape index (κ3) is 4.92. The van der Waals surface area contributed by atoms with E-state index in [1.807, 2.05) is 55.1 Å². The lowest BCUT2D eigenvalue weighted by Crippen LogP contribution is -2.30. The quantitative estimate of drug-likeness (QED) is 0.785. The summed E-state index contributed by atoms with van der Waals surface area (Å²) in [7, 11) is 0. The number of nitrogens with zero attached hydrogens (tertiary/aromatic N) is 3. The Morgan fingerprint density at radius 3 is 2.70 bits per heavy atom. The molecule has 1 aromatic carbocycles. The molecule has 2 rings (SSSR count). The fourth-order valence-corrected chi connectivity index (χ4v) is 2.30. The minimum Gasteiger partial charge on any atom is -0.392 e. The molecule has 0 aliphatic heterocycles. The number of hydrogen-bond donors (Lipinski definition) is 2. The fraction of sp³-hybridized carbons (Fsp3) is 0.444. The number of aryl methyl sites for hydroxylation is 1. The number of benzene rings is 1. The number of hydrogen-bond acceptors (Lipinski definition) is 4. The Bertz CT molecular complexity index is 643. The van der Waals surface area contributed by atoms with E-state index in [9.17, 15) is 5.11 Å². The Balaban J connectivity index is 2.13. The molecule has 0 bridgehead atoms. The van der Waals surface area contributed by atoms with Gasteiger partial charge in [-0.2, -0.15) is 10.4 Å². The Morgan fingerprint density at radius 2 is 2.04 bits per heavy atom. The highest BCUT2D eigenvalue weighted by Crippen LogP contribution is 2.22. The van der Waals surface area contributed by atoms with Crippen LogP contribution in [0.5, 0.6) is 0 Å². The summed E-state index contributed by atoms with van der Waals surface area (Å²) in [6.07, 6.45) is 2.06. The molecule has 1 atom stereocenters.